The minimum absolute atomic E-state index is 0.387. The Bertz CT molecular complexity index is 437. The van der Waals surface area contributed by atoms with Crippen LogP contribution in [0.5, 0.6) is 0 Å². The highest BCUT2D eigenvalue weighted by molar-refractivity contribution is 5.87. The number of carbonyl (C=O) groups excluding carboxylic acids is 2. The summed E-state index contributed by atoms with van der Waals surface area (Å²) < 4.78 is 5.77. The van der Waals surface area contributed by atoms with Crippen LogP contribution in [-0.2, 0) is 19.1 Å². The van der Waals surface area contributed by atoms with E-state index in [4.69, 9.17) is 9.84 Å². The number of carboxylic acid groups (broad SMARTS) is 1. The van der Waals surface area contributed by atoms with Crippen molar-refractivity contribution in [2.45, 2.75) is 78.0 Å². The van der Waals surface area contributed by atoms with Crippen LogP contribution in [-0.4, -0.2) is 59.4 Å². The number of aliphatic carboxylic acids is 1. The number of amides is 2. The van der Waals surface area contributed by atoms with Crippen LogP contribution in [0, 0.1) is 5.92 Å². The summed E-state index contributed by atoms with van der Waals surface area (Å²) >= 11 is 0. The van der Waals surface area contributed by atoms with Gasteiger partial charge in [0.1, 0.15) is 6.04 Å². The average Bonchev–Trinajstić information content (AvgIpc) is 2.64. The zero-order valence-corrected chi connectivity index (χ0v) is 16.3. The lowest BCUT2D eigenvalue weighted by Gasteiger charge is -2.27. The predicted octanol–water partition coefficient (Wildman–Crippen LogP) is 1.06. The van der Waals surface area contributed by atoms with Gasteiger partial charge >= 0.3 is 5.97 Å². The fraction of sp³-hybridized carbons (Fsp3) is 0.833. The van der Waals surface area contributed by atoms with Crippen LogP contribution >= 0.6 is 0 Å². The van der Waals surface area contributed by atoms with Gasteiger partial charge in [-0.15, -0.1) is 0 Å². The summed E-state index contributed by atoms with van der Waals surface area (Å²) in [6.45, 7) is 7.08. The summed E-state index contributed by atoms with van der Waals surface area (Å²) in [7, 11) is 0. The van der Waals surface area contributed by atoms with Gasteiger partial charge in [0, 0.05) is 13.5 Å². The van der Waals surface area contributed by atoms with E-state index in [2.05, 4.69) is 10.6 Å². The number of carbonyl (C=O) groups is 3. The molecule has 4 N–H and O–H groups in total. The van der Waals surface area contributed by atoms with Gasteiger partial charge in [0.2, 0.25) is 11.8 Å². The van der Waals surface area contributed by atoms with Crippen molar-refractivity contribution >= 4 is 17.8 Å². The third-order valence-electron chi connectivity index (χ3n) is 4.18. The van der Waals surface area contributed by atoms with Crippen molar-refractivity contribution in [1.82, 2.24) is 10.6 Å². The Hall–Kier alpha value is -1.67. The van der Waals surface area contributed by atoms with Crippen molar-refractivity contribution in [3.63, 3.8) is 0 Å². The molecule has 26 heavy (non-hydrogen) atoms. The van der Waals surface area contributed by atoms with E-state index >= 15 is 0 Å². The predicted molar refractivity (Wildman–Crippen MR) is 97.6 cm³/mol. The van der Waals surface area contributed by atoms with Gasteiger partial charge in [-0.3, -0.25) is 9.59 Å². The molecule has 8 nitrogen and oxygen atoms in total. The van der Waals surface area contributed by atoms with Gasteiger partial charge in [0.15, 0.2) is 6.10 Å². The highest BCUT2D eigenvalue weighted by Gasteiger charge is 2.28. The first-order chi connectivity index (χ1) is 12.3. The summed E-state index contributed by atoms with van der Waals surface area (Å²) in [6.07, 6.45) is 3.58. The van der Waals surface area contributed by atoms with Crippen LogP contribution in [0.15, 0.2) is 0 Å². The molecular weight excluding hydrogens is 340 g/mol. The molecule has 0 aromatic heterocycles. The van der Waals surface area contributed by atoms with Crippen molar-refractivity contribution in [2.24, 2.45) is 5.92 Å². The number of aliphatic hydroxyl groups is 1. The first-order valence-electron chi connectivity index (χ1n) is 9.38. The molecule has 2 amide bonds. The molecule has 1 aliphatic carbocycles. The van der Waals surface area contributed by atoms with E-state index < -0.39 is 36.7 Å². The summed E-state index contributed by atoms with van der Waals surface area (Å²) in [5, 5.41) is 22.7. The Morgan fingerprint density at radius 3 is 2.23 bits per heavy atom. The molecule has 3 unspecified atom stereocenters. The third-order valence-corrected chi connectivity index (χ3v) is 4.18. The largest absolute Gasteiger partial charge is 0.479 e. The molecule has 0 spiro atoms. The Balaban J connectivity index is 0.00000301. The smallest absolute Gasteiger partial charge is 0.334 e. The topological polar surface area (TPSA) is 125 Å². The van der Waals surface area contributed by atoms with E-state index in [1.807, 2.05) is 13.8 Å². The molecule has 1 saturated carbocycles. The molecule has 0 aromatic rings. The zero-order valence-electron chi connectivity index (χ0n) is 16.3. The number of rotatable bonds is 9. The lowest BCUT2D eigenvalue weighted by molar-refractivity contribution is -0.146. The maximum absolute atomic E-state index is 12.2. The summed E-state index contributed by atoms with van der Waals surface area (Å²) in [5.74, 6) is -1.92. The molecule has 0 radical (unpaired) electrons. The van der Waals surface area contributed by atoms with Crippen LogP contribution in [0.4, 0.5) is 0 Å². The Morgan fingerprint density at radius 1 is 1.15 bits per heavy atom. The third kappa shape index (κ3) is 9.72. The van der Waals surface area contributed by atoms with E-state index in [-0.39, 0.29) is 5.91 Å². The highest BCUT2D eigenvalue weighted by Crippen LogP contribution is 2.24. The van der Waals surface area contributed by atoms with Crippen molar-refractivity contribution in [2.75, 3.05) is 13.2 Å². The van der Waals surface area contributed by atoms with Gasteiger partial charge in [0.05, 0.1) is 12.6 Å². The second-order valence-electron chi connectivity index (χ2n) is 6.32. The molecule has 0 bridgehead atoms. The van der Waals surface area contributed by atoms with Crippen LogP contribution in [0.2, 0.25) is 0 Å². The first kappa shape index (κ1) is 24.3. The zero-order chi connectivity index (χ0) is 20.1. The van der Waals surface area contributed by atoms with E-state index in [0.29, 0.717) is 12.5 Å². The maximum Gasteiger partial charge on any atom is 0.334 e. The van der Waals surface area contributed by atoms with E-state index in [9.17, 15) is 19.5 Å². The number of carboxylic acids is 1. The van der Waals surface area contributed by atoms with Gasteiger partial charge in [-0.25, -0.2) is 4.79 Å². The Kier molecular flexibility index (Phi) is 12.7. The second-order valence-corrected chi connectivity index (χ2v) is 6.32. The maximum atomic E-state index is 12.2. The average molecular weight is 374 g/mol. The summed E-state index contributed by atoms with van der Waals surface area (Å²) in [6, 6.07) is -0.938. The fourth-order valence-electron chi connectivity index (χ4n) is 2.75. The lowest BCUT2D eigenvalue weighted by atomic mass is 9.90. The van der Waals surface area contributed by atoms with Crippen LogP contribution in [0.1, 0.15) is 59.8 Å². The van der Waals surface area contributed by atoms with Gasteiger partial charge in [-0.2, -0.15) is 0 Å². The lowest BCUT2D eigenvalue weighted by Crippen LogP contribution is -2.54. The fourth-order valence-corrected chi connectivity index (χ4v) is 2.75. The molecule has 1 rings (SSSR count). The monoisotopic (exact) mass is 374 g/mol. The molecular formula is C18H34N2O6. The van der Waals surface area contributed by atoms with Crippen molar-refractivity contribution < 1.29 is 29.3 Å². The van der Waals surface area contributed by atoms with E-state index in [1.54, 1.807) is 6.92 Å². The number of hydrogen-bond donors (Lipinski definition) is 4. The van der Waals surface area contributed by atoms with Crippen LogP contribution in [0.25, 0.3) is 0 Å². The first-order valence-corrected chi connectivity index (χ1v) is 9.38. The van der Waals surface area contributed by atoms with Crippen molar-refractivity contribution in [3.8, 4) is 0 Å². The van der Waals surface area contributed by atoms with E-state index in [1.165, 1.54) is 26.2 Å². The standard InChI is InChI=1S/C16H28N2O6.C2H6/c1-10(24-9-12-6-4-3-5-7-12)14(18-11(2)19)15(21)17-8-13(20)16(22)23;1-2/h10,12-14,20H,3-9H2,1-2H3,(H,17,21)(H,18,19)(H,22,23);1-2H3. The Labute approximate surface area is 155 Å². The highest BCUT2D eigenvalue weighted by atomic mass is 16.5. The Morgan fingerprint density at radius 2 is 1.73 bits per heavy atom. The molecule has 0 heterocycles. The molecule has 8 heteroatoms. The van der Waals surface area contributed by atoms with Crippen LogP contribution < -0.4 is 10.6 Å². The number of aliphatic hydroxyl groups excluding tert-OH is 1. The van der Waals surface area contributed by atoms with Crippen molar-refractivity contribution in [1.29, 1.82) is 0 Å². The van der Waals surface area contributed by atoms with Gasteiger partial charge < -0.3 is 25.6 Å². The molecule has 1 aliphatic rings. The SMILES string of the molecule is CC.CC(=O)NC(C(=O)NCC(O)C(=O)O)C(C)OCC1CCCCC1. The van der Waals surface area contributed by atoms with E-state index in [0.717, 1.165) is 12.8 Å². The molecule has 0 aliphatic heterocycles. The molecule has 3 atom stereocenters. The molecule has 152 valence electrons. The number of hydrogen-bond acceptors (Lipinski definition) is 5. The van der Waals surface area contributed by atoms with Gasteiger partial charge in [0.25, 0.3) is 0 Å². The minimum atomic E-state index is -1.69. The second kappa shape index (κ2) is 13.5. The summed E-state index contributed by atoms with van der Waals surface area (Å²) in [4.78, 5) is 34.1. The number of nitrogens with one attached hydrogen (secondary N) is 2. The summed E-state index contributed by atoms with van der Waals surface area (Å²) in [5.41, 5.74) is 0. The molecule has 0 aromatic carbocycles. The normalized spacial score (nSPS) is 17.9. The minimum Gasteiger partial charge on any atom is -0.479 e. The molecule has 0 saturated heterocycles. The van der Waals surface area contributed by atoms with Gasteiger partial charge in [-0.1, -0.05) is 33.1 Å². The number of ether oxygens (including phenoxy) is 1. The van der Waals surface area contributed by atoms with Crippen LogP contribution in [0.3, 0.4) is 0 Å². The molecule has 1 fully saturated rings. The van der Waals surface area contributed by atoms with Gasteiger partial charge in [-0.05, 0) is 25.7 Å². The quantitative estimate of drug-likeness (QED) is 0.478. The van der Waals surface area contributed by atoms with Crippen molar-refractivity contribution in [3.05, 3.63) is 0 Å².